The number of anilines is 2. The molecule has 0 saturated carbocycles. The first-order valence-corrected chi connectivity index (χ1v) is 8.56. The number of methoxy groups -OCH3 is 2. The summed E-state index contributed by atoms with van der Waals surface area (Å²) in [5.74, 6) is 1.63. The molecule has 0 fully saturated rings. The molecule has 0 spiro atoms. The first-order chi connectivity index (χ1) is 13.6. The normalized spacial score (nSPS) is 10.6. The van der Waals surface area contributed by atoms with E-state index in [4.69, 9.17) is 9.47 Å². The first kappa shape index (κ1) is 19.0. The summed E-state index contributed by atoms with van der Waals surface area (Å²) in [6, 6.07) is 15.4. The molecule has 2 aromatic carbocycles. The molecule has 6 heteroatoms. The van der Waals surface area contributed by atoms with Crippen molar-refractivity contribution < 1.29 is 19.4 Å². The lowest BCUT2D eigenvalue weighted by Crippen LogP contribution is -2.03. The summed E-state index contributed by atoms with van der Waals surface area (Å²) < 4.78 is 10.5. The van der Waals surface area contributed by atoms with Crippen molar-refractivity contribution >= 4 is 23.4 Å². The third-order valence-electron chi connectivity index (χ3n) is 4.04. The minimum Gasteiger partial charge on any atom is -0.508 e. The van der Waals surface area contributed by atoms with E-state index in [1.807, 2.05) is 6.07 Å². The summed E-state index contributed by atoms with van der Waals surface area (Å²) in [6.45, 7) is 0. The third kappa shape index (κ3) is 4.48. The minimum atomic E-state index is -0.191. The Hall–Kier alpha value is -3.80. The minimum absolute atomic E-state index is 0.167. The Balaban J connectivity index is 1.81. The van der Waals surface area contributed by atoms with Crippen molar-refractivity contribution in [1.29, 1.82) is 0 Å². The number of hydrogen-bond acceptors (Lipinski definition) is 6. The van der Waals surface area contributed by atoms with Gasteiger partial charge in [-0.2, -0.15) is 0 Å². The highest BCUT2D eigenvalue weighted by atomic mass is 16.5. The number of phenolic OH excluding ortho intramolecular Hbond substituents is 1. The molecule has 3 rings (SSSR count). The van der Waals surface area contributed by atoms with Gasteiger partial charge in [0.2, 0.25) is 0 Å². The van der Waals surface area contributed by atoms with Gasteiger partial charge in [-0.15, -0.1) is 0 Å². The smallest absolute Gasteiger partial charge is 0.189 e. The quantitative estimate of drug-likeness (QED) is 0.360. The molecule has 0 amide bonds. The number of hydrogen-bond donors (Lipinski definition) is 2. The Kier molecular flexibility index (Phi) is 5.91. The predicted octanol–water partition coefficient (Wildman–Crippen LogP) is 4.44. The maximum atomic E-state index is 12.7. The van der Waals surface area contributed by atoms with Crippen molar-refractivity contribution in [3.05, 3.63) is 78.0 Å². The van der Waals surface area contributed by atoms with E-state index in [9.17, 15) is 9.90 Å². The van der Waals surface area contributed by atoms with Gasteiger partial charge in [-0.05, 0) is 60.2 Å². The molecule has 0 bridgehead atoms. The van der Waals surface area contributed by atoms with Gasteiger partial charge in [0, 0.05) is 11.9 Å². The fourth-order valence-corrected chi connectivity index (χ4v) is 2.60. The van der Waals surface area contributed by atoms with Gasteiger partial charge in [-0.3, -0.25) is 4.79 Å². The average Bonchev–Trinajstić information content (AvgIpc) is 2.73. The first-order valence-electron chi connectivity index (χ1n) is 8.56. The van der Waals surface area contributed by atoms with Crippen LogP contribution in [0.1, 0.15) is 15.9 Å². The molecule has 28 heavy (non-hydrogen) atoms. The Morgan fingerprint density at radius 2 is 1.79 bits per heavy atom. The maximum Gasteiger partial charge on any atom is 0.189 e. The van der Waals surface area contributed by atoms with Gasteiger partial charge in [0.05, 0.1) is 19.8 Å². The fraction of sp³-hybridized carbons (Fsp3) is 0.0909. The zero-order chi connectivity index (χ0) is 19.9. The highest BCUT2D eigenvalue weighted by Gasteiger charge is 2.10. The van der Waals surface area contributed by atoms with E-state index in [-0.39, 0.29) is 11.5 Å². The number of ketones is 1. The molecule has 142 valence electrons. The summed E-state index contributed by atoms with van der Waals surface area (Å²) in [6.07, 6.45) is 4.81. The zero-order valence-electron chi connectivity index (χ0n) is 15.5. The van der Waals surface area contributed by atoms with Crippen LogP contribution in [0.3, 0.4) is 0 Å². The summed E-state index contributed by atoms with van der Waals surface area (Å²) in [5, 5.41) is 12.5. The lowest BCUT2D eigenvalue weighted by atomic mass is 10.1. The van der Waals surface area contributed by atoms with Crippen LogP contribution in [0.15, 0.2) is 66.9 Å². The molecular formula is C22H20N2O4. The van der Waals surface area contributed by atoms with Gasteiger partial charge in [0.1, 0.15) is 11.6 Å². The van der Waals surface area contributed by atoms with E-state index in [1.54, 1.807) is 75.0 Å². The maximum absolute atomic E-state index is 12.7. The highest BCUT2D eigenvalue weighted by Crippen LogP contribution is 2.28. The fourth-order valence-electron chi connectivity index (χ4n) is 2.60. The van der Waals surface area contributed by atoms with E-state index < -0.39 is 0 Å². The molecule has 0 aliphatic heterocycles. The number of carbonyl (C=O) groups is 1. The Bertz CT molecular complexity index is 998. The number of carbonyl (C=O) groups excluding carboxylic acids is 1. The molecular weight excluding hydrogens is 356 g/mol. The zero-order valence-corrected chi connectivity index (χ0v) is 15.5. The van der Waals surface area contributed by atoms with Crippen molar-refractivity contribution in [3.63, 3.8) is 0 Å². The summed E-state index contributed by atoms with van der Waals surface area (Å²) in [7, 11) is 3.13. The predicted molar refractivity (Wildman–Crippen MR) is 109 cm³/mol. The molecule has 0 radical (unpaired) electrons. The number of aromatic nitrogens is 1. The number of nitrogens with one attached hydrogen (secondary N) is 1. The highest BCUT2D eigenvalue weighted by molar-refractivity contribution is 6.10. The Morgan fingerprint density at radius 3 is 2.50 bits per heavy atom. The van der Waals surface area contributed by atoms with Crippen LogP contribution >= 0.6 is 0 Å². The van der Waals surface area contributed by atoms with Crippen molar-refractivity contribution in [2.75, 3.05) is 19.5 Å². The van der Waals surface area contributed by atoms with Gasteiger partial charge in [-0.25, -0.2) is 4.98 Å². The van der Waals surface area contributed by atoms with Crippen LogP contribution < -0.4 is 14.8 Å². The van der Waals surface area contributed by atoms with Crippen LogP contribution in [0.2, 0.25) is 0 Å². The van der Waals surface area contributed by atoms with Crippen LogP contribution in [0.25, 0.3) is 6.08 Å². The molecule has 2 N–H and O–H groups in total. The van der Waals surface area contributed by atoms with Crippen molar-refractivity contribution in [3.8, 4) is 17.2 Å². The van der Waals surface area contributed by atoms with E-state index >= 15 is 0 Å². The van der Waals surface area contributed by atoms with Crippen LogP contribution in [0.5, 0.6) is 17.2 Å². The van der Waals surface area contributed by atoms with Gasteiger partial charge in [-0.1, -0.05) is 12.1 Å². The second-order valence-electron chi connectivity index (χ2n) is 5.88. The van der Waals surface area contributed by atoms with Crippen LogP contribution in [-0.4, -0.2) is 30.1 Å². The van der Waals surface area contributed by atoms with Crippen LogP contribution in [0, 0.1) is 0 Å². The standard InChI is InChI=1S/C22H20N2O4/c1-27-20-12-6-15(14-21(20)28-2)5-11-19(26)18-4-3-13-23-22(18)24-16-7-9-17(25)10-8-16/h3-14,25H,1-2H3,(H,23,24). The summed E-state index contributed by atoms with van der Waals surface area (Å²) in [4.78, 5) is 17.0. The molecule has 0 aliphatic carbocycles. The number of rotatable bonds is 7. The third-order valence-corrected chi connectivity index (χ3v) is 4.04. The lowest BCUT2D eigenvalue weighted by Gasteiger charge is -2.09. The van der Waals surface area contributed by atoms with Gasteiger partial charge in [0.25, 0.3) is 0 Å². The monoisotopic (exact) mass is 376 g/mol. The number of ether oxygens (including phenoxy) is 2. The molecule has 0 atom stereocenters. The second kappa shape index (κ2) is 8.73. The van der Waals surface area contributed by atoms with E-state index in [0.29, 0.717) is 22.9 Å². The molecule has 0 unspecified atom stereocenters. The molecule has 6 nitrogen and oxygen atoms in total. The SMILES string of the molecule is COc1ccc(C=CC(=O)c2cccnc2Nc2ccc(O)cc2)cc1OC. The van der Waals surface area contributed by atoms with Gasteiger partial charge < -0.3 is 19.9 Å². The van der Waals surface area contributed by atoms with E-state index in [2.05, 4.69) is 10.3 Å². The summed E-state index contributed by atoms with van der Waals surface area (Å²) in [5.41, 5.74) is 1.96. The topological polar surface area (TPSA) is 80.7 Å². The van der Waals surface area contributed by atoms with Gasteiger partial charge >= 0.3 is 0 Å². The number of aromatic hydroxyl groups is 1. The number of allylic oxidation sites excluding steroid dienone is 1. The lowest BCUT2D eigenvalue weighted by molar-refractivity contribution is 0.104. The average molecular weight is 376 g/mol. The Labute approximate surface area is 163 Å². The van der Waals surface area contributed by atoms with Crippen molar-refractivity contribution in [2.45, 2.75) is 0 Å². The second-order valence-corrected chi connectivity index (χ2v) is 5.88. The van der Waals surface area contributed by atoms with Crippen molar-refractivity contribution in [2.24, 2.45) is 0 Å². The van der Waals surface area contributed by atoms with Crippen LogP contribution in [0.4, 0.5) is 11.5 Å². The number of phenols is 1. The molecule has 0 aliphatic rings. The largest absolute Gasteiger partial charge is 0.508 e. The molecule has 1 aromatic heterocycles. The van der Waals surface area contributed by atoms with Crippen LogP contribution in [-0.2, 0) is 0 Å². The molecule has 0 saturated heterocycles. The molecule has 3 aromatic rings. The van der Waals surface area contributed by atoms with E-state index in [0.717, 1.165) is 11.3 Å². The van der Waals surface area contributed by atoms with Gasteiger partial charge in [0.15, 0.2) is 17.3 Å². The molecule has 1 heterocycles. The van der Waals surface area contributed by atoms with Crippen molar-refractivity contribution in [1.82, 2.24) is 4.98 Å². The van der Waals surface area contributed by atoms with E-state index in [1.165, 1.54) is 6.08 Å². The Morgan fingerprint density at radius 1 is 1.04 bits per heavy atom. The number of pyridine rings is 1. The number of benzene rings is 2. The summed E-state index contributed by atoms with van der Waals surface area (Å²) >= 11 is 0. The number of nitrogens with zero attached hydrogens (tertiary/aromatic N) is 1.